The molecule has 0 aliphatic heterocycles. The molecule has 7 heteroatoms. The van der Waals surface area contributed by atoms with Crippen LogP contribution in [0.2, 0.25) is 0 Å². The van der Waals surface area contributed by atoms with Crippen LogP contribution in [0, 0.1) is 19.7 Å². The number of carbonyl (C=O) groups excluding carboxylic acids is 1. The molecule has 0 saturated carbocycles. The Morgan fingerprint density at radius 3 is 2.57 bits per heavy atom. The van der Waals surface area contributed by atoms with Gasteiger partial charge in [0, 0.05) is 38.0 Å². The quantitative estimate of drug-likeness (QED) is 0.710. The largest absolute Gasteiger partial charge is 0.345 e. The Kier molecular flexibility index (Phi) is 5.63. The molecular formula is C21H25FN4O2. The number of rotatable bonds is 6. The maximum atomic E-state index is 13.0. The van der Waals surface area contributed by atoms with Gasteiger partial charge in [0.15, 0.2) is 0 Å². The van der Waals surface area contributed by atoms with Crippen molar-refractivity contribution < 1.29 is 9.18 Å². The van der Waals surface area contributed by atoms with Gasteiger partial charge in [-0.05, 0) is 49.9 Å². The number of pyridine rings is 1. The number of halogens is 1. The third kappa shape index (κ3) is 3.98. The molecule has 1 N–H and O–H groups in total. The lowest BCUT2D eigenvalue weighted by Gasteiger charge is -2.17. The molecule has 0 radical (unpaired) electrons. The van der Waals surface area contributed by atoms with E-state index in [0.717, 1.165) is 22.2 Å². The van der Waals surface area contributed by atoms with Gasteiger partial charge in [-0.1, -0.05) is 12.1 Å². The van der Waals surface area contributed by atoms with Gasteiger partial charge in [0.1, 0.15) is 11.5 Å². The van der Waals surface area contributed by atoms with Gasteiger partial charge in [0.05, 0.1) is 5.69 Å². The first kappa shape index (κ1) is 19.8. The SMILES string of the molecule is Cc1nn(C)c2[nH]c(=O)c(CCC(=O)N(C)CCc3ccc(F)cc3)c(C)c12. The Bertz CT molecular complexity index is 1070. The normalized spacial score (nSPS) is 11.2. The summed E-state index contributed by atoms with van der Waals surface area (Å²) >= 11 is 0. The van der Waals surface area contributed by atoms with Crippen LogP contribution >= 0.6 is 0 Å². The fourth-order valence-electron chi connectivity index (χ4n) is 3.55. The summed E-state index contributed by atoms with van der Waals surface area (Å²) < 4.78 is 14.6. The van der Waals surface area contributed by atoms with Gasteiger partial charge >= 0.3 is 0 Å². The second-order valence-corrected chi connectivity index (χ2v) is 7.18. The molecule has 2 heterocycles. The highest BCUT2D eigenvalue weighted by molar-refractivity contribution is 5.83. The van der Waals surface area contributed by atoms with E-state index in [9.17, 15) is 14.0 Å². The molecule has 0 spiro atoms. The summed E-state index contributed by atoms with van der Waals surface area (Å²) in [5, 5.41) is 5.30. The predicted octanol–water partition coefficient (Wildman–Crippen LogP) is 2.65. The molecule has 3 rings (SSSR count). The van der Waals surface area contributed by atoms with Crippen LogP contribution in [-0.4, -0.2) is 39.2 Å². The molecule has 0 aliphatic carbocycles. The molecule has 1 aromatic carbocycles. The van der Waals surface area contributed by atoms with Gasteiger partial charge in [0.2, 0.25) is 5.91 Å². The van der Waals surface area contributed by atoms with Gasteiger partial charge in [-0.25, -0.2) is 4.39 Å². The Morgan fingerprint density at radius 1 is 1.21 bits per heavy atom. The highest BCUT2D eigenvalue weighted by Crippen LogP contribution is 2.21. The van der Waals surface area contributed by atoms with E-state index in [1.165, 1.54) is 12.1 Å². The summed E-state index contributed by atoms with van der Waals surface area (Å²) in [6, 6.07) is 6.29. The molecule has 28 heavy (non-hydrogen) atoms. The number of H-pyrrole nitrogens is 1. The smallest absolute Gasteiger partial charge is 0.253 e. The van der Waals surface area contributed by atoms with Gasteiger partial charge in [-0.2, -0.15) is 5.10 Å². The minimum absolute atomic E-state index is 0.0242. The van der Waals surface area contributed by atoms with Crippen molar-refractivity contribution in [1.82, 2.24) is 19.7 Å². The zero-order chi connectivity index (χ0) is 20.4. The summed E-state index contributed by atoms with van der Waals surface area (Å²) in [5.74, 6) is -0.293. The number of benzene rings is 1. The van der Waals surface area contributed by atoms with Crippen LogP contribution in [0.15, 0.2) is 29.1 Å². The molecule has 2 aromatic heterocycles. The number of nitrogens with one attached hydrogen (secondary N) is 1. The molecular weight excluding hydrogens is 359 g/mol. The highest BCUT2D eigenvalue weighted by Gasteiger charge is 2.17. The topological polar surface area (TPSA) is 71.0 Å². The van der Waals surface area contributed by atoms with E-state index in [4.69, 9.17) is 0 Å². The fourth-order valence-corrected chi connectivity index (χ4v) is 3.55. The second-order valence-electron chi connectivity index (χ2n) is 7.18. The number of hydrogen-bond acceptors (Lipinski definition) is 3. The zero-order valence-electron chi connectivity index (χ0n) is 16.7. The summed E-state index contributed by atoms with van der Waals surface area (Å²) in [6.07, 6.45) is 1.29. The van der Waals surface area contributed by atoms with Crippen LogP contribution in [0.5, 0.6) is 0 Å². The van der Waals surface area contributed by atoms with E-state index >= 15 is 0 Å². The Labute approximate surface area is 163 Å². The summed E-state index contributed by atoms with van der Waals surface area (Å²) in [4.78, 5) is 29.5. The first-order valence-corrected chi connectivity index (χ1v) is 9.31. The lowest BCUT2D eigenvalue weighted by atomic mass is 10.0. The predicted molar refractivity (Wildman–Crippen MR) is 107 cm³/mol. The lowest BCUT2D eigenvalue weighted by Crippen LogP contribution is -2.29. The van der Waals surface area contributed by atoms with Crippen molar-refractivity contribution in [2.75, 3.05) is 13.6 Å². The molecule has 6 nitrogen and oxygen atoms in total. The molecule has 148 valence electrons. The average Bonchev–Trinajstić information content (AvgIpc) is 2.94. The lowest BCUT2D eigenvalue weighted by molar-refractivity contribution is -0.129. The number of aryl methyl sites for hydroxylation is 3. The van der Waals surface area contributed by atoms with Crippen molar-refractivity contribution in [3.8, 4) is 0 Å². The zero-order valence-corrected chi connectivity index (χ0v) is 16.7. The minimum Gasteiger partial charge on any atom is -0.345 e. The number of hydrogen-bond donors (Lipinski definition) is 1. The fraction of sp³-hybridized carbons (Fsp3) is 0.381. The number of likely N-dealkylation sites (N-methyl/N-ethyl adjacent to an activating group) is 1. The molecule has 0 saturated heterocycles. The van der Waals surface area contributed by atoms with Gasteiger partial charge in [-0.15, -0.1) is 0 Å². The Morgan fingerprint density at radius 2 is 1.89 bits per heavy atom. The summed E-state index contributed by atoms with van der Waals surface area (Å²) in [6.45, 7) is 4.36. The van der Waals surface area contributed by atoms with Crippen molar-refractivity contribution in [1.29, 1.82) is 0 Å². The third-order valence-electron chi connectivity index (χ3n) is 5.22. The molecule has 3 aromatic rings. The first-order chi connectivity index (χ1) is 13.3. The van der Waals surface area contributed by atoms with E-state index in [0.29, 0.717) is 30.6 Å². The standard InChI is InChI=1S/C21H25FN4O2/c1-13-17(21(28)23-20-19(13)14(2)24-26(20)4)9-10-18(27)25(3)12-11-15-5-7-16(22)8-6-15/h5-8H,9-12H2,1-4H3,(H,23,28). The van der Waals surface area contributed by atoms with Crippen LogP contribution in [0.3, 0.4) is 0 Å². The Hall–Kier alpha value is -2.96. The van der Waals surface area contributed by atoms with Gasteiger partial charge in [0.25, 0.3) is 5.56 Å². The second kappa shape index (κ2) is 7.96. The summed E-state index contributed by atoms with van der Waals surface area (Å²) in [5.41, 5.74) is 3.87. The van der Waals surface area contributed by atoms with E-state index < -0.39 is 0 Å². The minimum atomic E-state index is -0.269. The molecule has 0 unspecified atom stereocenters. The molecule has 0 atom stereocenters. The van der Waals surface area contributed by atoms with Crippen LogP contribution in [-0.2, 0) is 24.7 Å². The Balaban J connectivity index is 1.66. The monoisotopic (exact) mass is 384 g/mol. The van der Waals surface area contributed by atoms with Crippen LogP contribution in [0.4, 0.5) is 4.39 Å². The van der Waals surface area contributed by atoms with E-state index in [1.807, 2.05) is 13.8 Å². The van der Waals surface area contributed by atoms with Crippen molar-refractivity contribution in [2.24, 2.45) is 7.05 Å². The van der Waals surface area contributed by atoms with E-state index in [1.54, 1.807) is 35.8 Å². The molecule has 1 amide bonds. The van der Waals surface area contributed by atoms with Crippen molar-refractivity contribution in [2.45, 2.75) is 33.1 Å². The van der Waals surface area contributed by atoms with Crippen LogP contribution in [0.25, 0.3) is 11.0 Å². The maximum absolute atomic E-state index is 13.0. The van der Waals surface area contributed by atoms with Crippen molar-refractivity contribution in [3.05, 3.63) is 62.8 Å². The first-order valence-electron chi connectivity index (χ1n) is 9.31. The van der Waals surface area contributed by atoms with Crippen LogP contribution < -0.4 is 5.56 Å². The van der Waals surface area contributed by atoms with Gasteiger partial charge < -0.3 is 9.88 Å². The number of fused-ring (bicyclic) bond motifs is 1. The average molecular weight is 384 g/mol. The summed E-state index contributed by atoms with van der Waals surface area (Å²) in [7, 11) is 3.54. The van der Waals surface area contributed by atoms with Crippen molar-refractivity contribution >= 4 is 16.9 Å². The maximum Gasteiger partial charge on any atom is 0.253 e. The number of amides is 1. The molecule has 0 aliphatic rings. The molecule has 0 bridgehead atoms. The third-order valence-corrected chi connectivity index (χ3v) is 5.22. The van der Waals surface area contributed by atoms with E-state index in [-0.39, 0.29) is 23.7 Å². The van der Waals surface area contributed by atoms with E-state index in [2.05, 4.69) is 10.1 Å². The number of nitrogens with zero attached hydrogens (tertiary/aromatic N) is 3. The molecule has 0 fully saturated rings. The number of aromatic nitrogens is 3. The van der Waals surface area contributed by atoms with Crippen molar-refractivity contribution in [3.63, 3.8) is 0 Å². The van der Waals surface area contributed by atoms with Crippen LogP contribution in [0.1, 0.15) is 28.8 Å². The highest BCUT2D eigenvalue weighted by atomic mass is 19.1. The number of carbonyl (C=O) groups is 1. The number of aromatic amines is 1. The van der Waals surface area contributed by atoms with Gasteiger partial charge in [-0.3, -0.25) is 14.3 Å².